The van der Waals surface area contributed by atoms with E-state index in [1.54, 1.807) is 0 Å². The Morgan fingerprint density at radius 2 is 1.45 bits per heavy atom. The third-order valence-corrected chi connectivity index (χ3v) is 6.67. The zero-order chi connectivity index (χ0) is 20.2. The van der Waals surface area contributed by atoms with Gasteiger partial charge in [-0.2, -0.15) is 4.98 Å². The molecular weight excluding hydrogens is 364 g/mol. The van der Waals surface area contributed by atoms with Crippen molar-refractivity contribution in [2.75, 3.05) is 24.3 Å². The van der Waals surface area contributed by atoms with Crippen LogP contribution in [0.4, 0.5) is 16.6 Å². The van der Waals surface area contributed by atoms with Crippen LogP contribution in [0.3, 0.4) is 0 Å². The van der Waals surface area contributed by atoms with Crippen molar-refractivity contribution < 1.29 is 4.79 Å². The van der Waals surface area contributed by atoms with Crippen molar-refractivity contribution in [2.24, 2.45) is 0 Å². The molecule has 0 spiro atoms. The molecule has 2 fully saturated rings. The number of nitrogens with zero attached hydrogens (tertiary/aromatic N) is 3. The van der Waals surface area contributed by atoms with Gasteiger partial charge in [0.15, 0.2) is 0 Å². The fraction of sp³-hybridized carbons (Fsp3) is 0.773. The molecule has 0 atom stereocenters. The summed E-state index contributed by atoms with van der Waals surface area (Å²) in [6.45, 7) is 0. The highest BCUT2D eigenvalue weighted by Gasteiger charge is 2.25. The summed E-state index contributed by atoms with van der Waals surface area (Å²) in [6, 6.07) is 1.04. The number of aromatic nitrogens is 2. The Morgan fingerprint density at radius 3 is 2.14 bits per heavy atom. The number of carbonyl (C=O) groups excluding carboxylic acids is 1. The van der Waals surface area contributed by atoms with Crippen molar-refractivity contribution in [3.05, 3.63) is 11.3 Å². The minimum Gasteiger partial charge on any atom is -0.362 e. The van der Waals surface area contributed by atoms with Crippen LogP contribution in [0.2, 0.25) is 0 Å². The van der Waals surface area contributed by atoms with Gasteiger partial charge >= 0.3 is 6.03 Å². The maximum absolute atomic E-state index is 12.2. The van der Waals surface area contributed by atoms with E-state index < -0.39 is 0 Å². The average molecular weight is 401 g/mol. The van der Waals surface area contributed by atoms with Gasteiger partial charge in [-0.05, 0) is 64.2 Å². The predicted molar refractivity (Wildman–Crippen MR) is 117 cm³/mol. The SMILES string of the molecule is CN(C)c1nc(NC2CCC(NC(=O)NC3CCCC3)CC2)nc2c1CCCC2. The Labute approximate surface area is 174 Å². The van der Waals surface area contributed by atoms with Crippen LogP contribution in [0.25, 0.3) is 0 Å². The number of hydrogen-bond donors (Lipinski definition) is 3. The van der Waals surface area contributed by atoms with Crippen molar-refractivity contribution in [2.45, 2.75) is 95.2 Å². The minimum absolute atomic E-state index is 0.0157. The smallest absolute Gasteiger partial charge is 0.315 e. The van der Waals surface area contributed by atoms with Crippen molar-refractivity contribution in [1.82, 2.24) is 20.6 Å². The lowest BCUT2D eigenvalue weighted by Gasteiger charge is -2.31. The summed E-state index contributed by atoms with van der Waals surface area (Å²) >= 11 is 0. The second-order valence-corrected chi connectivity index (χ2v) is 9.19. The topological polar surface area (TPSA) is 82.2 Å². The summed E-state index contributed by atoms with van der Waals surface area (Å²) < 4.78 is 0. The maximum atomic E-state index is 12.2. The molecule has 2 saturated carbocycles. The number of anilines is 2. The lowest BCUT2D eigenvalue weighted by atomic mass is 9.91. The average Bonchev–Trinajstić information content (AvgIpc) is 3.21. The molecule has 1 heterocycles. The van der Waals surface area contributed by atoms with Crippen molar-refractivity contribution in [3.8, 4) is 0 Å². The molecule has 29 heavy (non-hydrogen) atoms. The highest BCUT2D eigenvalue weighted by Crippen LogP contribution is 2.29. The quantitative estimate of drug-likeness (QED) is 0.706. The highest BCUT2D eigenvalue weighted by molar-refractivity contribution is 5.74. The molecule has 7 heteroatoms. The first kappa shape index (κ1) is 20.2. The van der Waals surface area contributed by atoms with Crippen LogP contribution >= 0.6 is 0 Å². The van der Waals surface area contributed by atoms with Gasteiger partial charge in [-0.1, -0.05) is 12.8 Å². The molecular formula is C22H36N6O. The lowest BCUT2D eigenvalue weighted by molar-refractivity contribution is 0.228. The maximum Gasteiger partial charge on any atom is 0.315 e. The standard InChI is InChI=1S/C22H36N6O/c1-28(2)20-18-9-5-6-10-19(18)26-21(27-20)23-16-11-13-17(14-12-16)25-22(29)24-15-7-3-4-8-15/h15-17H,3-14H2,1-2H3,(H,23,26,27)(H2,24,25,29). The monoisotopic (exact) mass is 400 g/mol. The molecule has 0 unspecified atom stereocenters. The third kappa shape index (κ3) is 5.11. The van der Waals surface area contributed by atoms with Gasteiger partial charge in [-0.15, -0.1) is 0 Å². The number of amides is 2. The summed E-state index contributed by atoms with van der Waals surface area (Å²) in [5, 5.41) is 9.89. The minimum atomic E-state index is 0.0157. The second kappa shape index (κ2) is 9.18. The molecule has 0 radical (unpaired) electrons. The number of rotatable bonds is 5. The summed E-state index contributed by atoms with van der Waals surface area (Å²) in [5.41, 5.74) is 2.55. The van der Waals surface area contributed by atoms with Crippen molar-refractivity contribution in [3.63, 3.8) is 0 Å². The summed E-state index contributed by atoms with van der Waals surface area (Å²) in [6.07, 6.45) is 13.4. The number of hydrogen-bond acceptors (Lipinski definition) is 5. The van der Waals surface area contributed by atoms with E-state index >= 15 is 0 Å². The zero-order valence-corrected chi connectivity index (χ0v) is 18.0. The molecule has 0 saturated heterocycles. The second-order valence-electron chi connectivity index (χ2n) is 9.19. The third-order valence-electron chi connectivity index (χ3n) is 6.67. The highest BCUT2D eigenvalue weighted by atomic mass is 16.2. The molecule has 0 bridgehead atoms. The fourth-order valence-electron chi connectivity index (χ4n) is 5.06. The van der Waals surface area contributed by atoms with Crippen LogP contribution in [0.1, 0.15) is 75.5 Å². The normalized spacial score (nSPS) is 24.6. The molecule has 160 valence electrons. The van der Waals surface area contributed by atoms with Gasteiger partial charge in [-0.25, -0.2) is 9.78 Å². The van der Waals surface area contributed by atoms with Gasteiger partial charge in [-0.3, -0.25) is 0 Å². The van der Waals surface area contributed by atoms with Crippen LogP contribution in [0, 0.1) is 0 Å². The summed E-state index contributed by atoms with van der Waals surface area (Å²) in [7, 11) is 4.13. The molecule has 3 aliphatic carbocycles. The number of carbonyl (C=O) groups is 1. The predicted octanol–water partition coefficient (Wildman–Crippen LogP) is 3.39. The summed E-state index contributed by atoms with van der Waals surface area (Å²) in [4.78, 5) is 24.0. The molecule has 1 aromatic heterocycles. The molecule has 3 aliphatic rings. The van der Waals surface area contributed by atoms with Crippen LogP contribution in [-0.4, -0.2) is 48.2 Å². The first-order chi connectivity index (χ1) is 14.1. The number of urea groups is 1. The van der Waals surface area contributed by atoms with Crippen LogP contribution in [0.5, 0.6) is 0 Å². The van der Waals surface area contributed by atoms with E-state index in [0.29, 0.717) is 12.1 Å². The van der Waals surface area contributed by atoms with E-state index in [9.17, 15) is 4.79 Å². The van der Waals surface area contributed by atoms with Crippen LogP contribution in [0.15, 0.2) is 0 Å². The molecule has 0 aromatic carbocycles. The van der Waals surface area contributed by atoms with Gasteiger partial charge in [0.25, 0.3) is 0 Å². The Morgan fingerprint density at radius 1 is 0.828 bits per heavy atom. The number of aryl methyl sites for hydroxylation is 1. The Hall–Kier alpha value is -2.05. The lowest BCUT2D eigenvalue weighted by Crippen LogP contribution is -2.47. The van der Waals surface area contributed by atoms with Gasteiger partial charge in [0.05, 0.1) is 5.69 Å². The van der Waals surface area contributed by atoms with E-state index in [2.05, 4.69) is 34.9 Å². The Bertz CT molecular complexity index is 707. The van der Waals surface area contributed by atoms with Crippen molar-refractivity contribution >= 4 is 17.8 Å². The number of nitrogens with one attached hydrogen (secondary N) is 3. The van der Waals surface area contributed by atoms with Gasteiger partial charge in [0.1, 0.15) is 5.82 Å². The van der Waals surface area contributed by atoms with Crippen LogP contribution in [-0.2, 0) is 12.8 Å². The van der Waals surface area contributed by atoms with E-state index in [4.69, 9.17) is 9.97 Å². The number of fused-ring (bicyclic) bond motifs is 1. The molecule has 3 N–H and O–H groups in total. The Kier molecular flexibility index (Phi) is 6.40. The van der Waals surface area contributed by atoms with E-state index in [1.165, 1.54) is 36.9 Å². The van der Waals surface area contributed by atoms with E-state index in [-0.39, 0.29) is 12.1 Å². The van der Waals surface area contributed by atoms with E-state index in [0.717, 1.165) is 63.1 Å². The zero-order valence-electron chi connectivity index (χ0n) is 18.0. The molecule has 4 rings (SSSR count). The van der Waals surface area contributed by atoms with E-state index in [1.807, 2.05) is 0 Å². The first-order valence-electron chi connectivity index (χ1n) is 11.5. The molecule has 2 amide bonds. The fourth-order valence-corrected chi connectivity index (χ4v) is 5.06. The van der Waals surface area contributed by atoms with Gasteiger partial charge < -0.3 is 20.9 Å². The summed E-state index contributed by atoms with van der Waals surface area (Å²) in [5.74, 6) is 1.83. The molecule has 1 aromatic rings. The Balaban J connectivity index is 1.29. The first-order valence-corrected chi connectivity index (χ1v) is 11.5. The van der Waals surface area contributed by atoms with Crippen LogP contribution < -0.4 is 20.9 Å². The van der Waals surface area contributed by atoms with Gasteiger partial charge in [0.2, 0.25) is 5.95 Å². The largest absolute Gasteiger partial charge is 0.362 e. The van der Waals surface area contributed by atoms with Crippen molar-refractivity contribution in [1.29, 1.82) is 0 Å². The molecule has 0 aliphatic heterocycles. The molecule has 7 nitrogen and oxygen atoms in total. The van der Waals surface area contributed by atoms with Gasteiger partial charge in [0, 0.05) is 37.8 Å².